The predicted octanol–water partition coefficient (Wildman–Crippen LogP) is 3.73. The van der Waals surface area contributed by atoms with Gasteiger partial charge >= 0.3 is 0 Å². The molecule has 0 saturated heterocycles. The minimum absolute atomic E-state index is 0.0288. The first kappa shape index (κ1) is 16.9. The number of rotatable bonds is 4. The monoisotopic (exact) mass is 443 g/mol. The Kier molecular flexibility index (Phi) is 5.55. The minimum Gasteiger partial charge on any atom is -0.269 e. The molecule has 114 valence electrons. The fraction of sp³-hybridized carbons (Fsp3) is 0. The molecule has 0 aromatic heterocycles. The molecule has 0 fully saturated rings. The summed E-state index contributed by atoms with van der Waals surface area (Å²) in [7, 11) is -3.87. The van der Waals surface area contributed by atoms with Gasteiger partial charge in [-0.05, 0) is 48.0 Å². The average molecular weight is 445 g/mol. The molecule has 0 aliphatic carbocycles. The molecular formula is C15H11Br2NO3S. The fourth-order valence-corrected chi connectivity index (χ4v) is 3.06. The van der Waals surface area contributed by atoms with Crippen molar-refractivity contribution < 1.29 is 13.2 Å². The Morgan fingerprint density at radius 2 is 1.41 bits per heavy atom. The molecule has 0 radical (unpaired) electrons. The first-order valence-electron chi connectivity index (χ1n) is 6.13. The number of hydrogen-bond acceptors (Lipinski definition) is 3. The van der Waals surface area contributed by atoms with Crippen molar-refractivity contribution in [1.82, 2.24) is 4.72 Å². The van der Waals surface area contributed by atoms with Gasteiger partial charge in [0.15, 0.2) is 0 Å². The Labute approximate surface area is 145 Å². The summed E-state index contributed by atoms with van der Waals surface area (Å²) in [4.78, 5) is 11.8. The van der Waals surface area contributed by atoms with E-state index in [0.717, 1.165) is 14.5 Å². The maximum atomic E-state index is 12.0. The number of hydrogen-bond donors (Lipinski definition) is 1. The molecule has 0 bridgehead atoms. The Bertz CT molecular complexity index is 798. The molecule has 1 N–H and O–H groups in total. The van der Waals surface area contributed by atoms with E-state index in [2.05, 4.69) is 31.9 Å². The lowest BCUT2D eigenvalue weighted by atomic mass is 10.2. The summed E-state index contributed by atoms with van der Waals surface area (Å²) in [5.74, 6) is -0.703. The Balaban J connectivity index is 2.07. The summed E-state index contributed by atoms with van der Waals surface area (Å²) in [6.45, 7) is 0. The zero-order valence-electron chi connectivity index (χ0n) is 11.2. The molecule has 22 heavy (non-hydrogen) atoms. The van der Waals surface area contributed by atoms with Gasteiger partial charge in [-0.25, -0.2) is 13.1 Å². The molecule has 2 aromatic carbocycles. The summed E-state index contributed by atoms with van der Waals surface area (Å²) >= 11 is 6.53. The molecule has 2 aromatic rings. The SMILES string of the molecule is O=C(/C=C/c1ccc(Br)cc1)NS(=O)(=O)c1ccc(Br)cc1. The van der Waals surface area contributed by atoms with Gasteiger partial charge in [-0.2, -0.15) is 0 Å². The van der Waals surface area contributed by atoms with Crippen molar-refractivity contribution in [3.63, 3.8) is 0 Å². The fourth-order valence-electron chi connectivity index (χ4n) is 1.58. The Hall–Kier alpha value is -1.44. The van der Waals surface area contributed by atoms with Crippen LogP contribution in [-0.4, -0.2) is 14.3 Å². The van der Waals surface area contributed by atoms with Crippen LogP contribution in [0.25, 0.3) is 6.08 Å². The standard InChI is InChI=1S/C15H11Br2NO3S/c16-12-4-1-11(2-5-12)3-10-15(19)18-22(20,21)14-8-6-13(17)7-9-14/h1-10H,(H,18,19)/b10-3+. The van der Waals surface area contributed by atoms with Crippen LogP contribution in [-0.2, 0) is 14.8 Å². The smallest absolute Gasteiger partial charge is 0.264 e. The van der Waals surface area contributed by atoms with Gasteiger partial charge < -0.3 is 0 Å². The number of carbonyl (C=O) groups is 1. The molecule has 0 spiro atoms. The van der Waals surface area contributed by atoms with Crippen molar-refractivity contribution in [2.45, 2.75) is 4.90 Å². The van der Waals surface area contributed by atoms with Crippen LogP contribution in [0.2, 0.25) is 0 Å². The van der Waals surface area contributed by atoms with Gasteiger partial charge in [-0.3, -0.25) is 4.79 Å². The highest BCUT2D eigenvalue weighted by molar-refractivity contribution is 9.10. The van der Waals surface area contributed by atoms with Crippen LogP contribution in [0, 0.1) is 0 Å². The summed E-state index contributed by atoms with van der Waals surface area (Å²) in [6, 6.07) is 13.3. The maximum absolute atomic E-state index is 12.0. The lowest BCUT2D eigenvalue weighted by Gasteiger charge is -2.04. The number of sulfonamides is 1. The van der Waals surface area contributed by atoms with Crippen molar-refractivity contribution in [2.75, 3.05) is 0 Å². The second-order valence-electron chi connectivity index (χ2n) is 4.31. The molecule has 0 atom stereocenters. The molecule has 0 heterocycles. The first-order valence-corrected chi connectivity index (χ1v) is 9.20. The highest BCUT2D eigenvalue weighted by Gasteiger charge is 2.15. The Morgan fingerprint density at radius 3 is 1.95 bits per heavy atom. The normalized spacial score (nSPS) is 11.5. The number of amides is 1. The average Bonchev–Trinajstić information content (AvgIpc) is 2.46. The summed E-state index contributed by atoms with van der Waals surface area (Å²) in [5.41, 5.74) is 0.791. The molecular weight excluding hydrogens is 434 g/mol. The van der Waals surface area contributed by atoms with Gasteiger partial charge in [0.25, 0.3) is 15.9 Å². The quantitative estimate of drug-likeness (QED) is 0.730. The minimum atomic E-state index is -3.87. The number of benzene rings is 2. The second kappa shape index (κ2) is 7.21. The number of nitrogens with one attached hydrogen (secondary N) is 1. The second-order valence-corrected chi connectivity index (χ2v) is 7.82. The van der Waals surface area contributed by atoms with E-state index in [1.54, 1.807) is 30.3 Å². The van der Waals surface area contributed by atoms with Crippen LogP contribution in [0.4, 0.5) is 0 Å². The predicted molar refractivity (Wildman–Crippen MR) is 92.6 cm³/mol. The highest BCUT2D eigenvalue weighted by Crippen LogP contribution is 2.15. The van der Waals surface area contributed by atoms with Crippen LogP contribution >= 0.6 is 31.9 Å². The van der Waals surface area contributed by atoms with Crippen molar-refractivity contribution in [2.24, 2.45) is 0 Å². The van der Waals surface area contributed by atoms with E-state index in [-0.39, 0.29) is 4.90 Å². The van der Waals surface area contributed by atoms with Gasteiger partial charge in [0, 0.05) is 15.0 Å². The van der Waals surface area contributed by atoms with Crippen molar-refractivity contribution in [3.05, 3.63) is 69.1 Å². The topological polar surface area (TPSA) is 63.2 Å². The van der Waals surface area contributed by atoms with Gasteiger partial charge in [0.05, 0.1) is 4.90 Å². The van der Waals surface area contributed by atoms with E-state index in [0.29, 0.717) is 0 Å². The summed E-state index contributed by atoms with van der Waals surface area (Å²) in [5, 5.41) is 0. The summed E-state index contributed by atoms with van der Waals surface area (Å²) < 4.78 is 27.7. The summed E-state index contributed by atoms with van der Waals surface area (Å²) in [6.07, 6.45) is 2.72. The molecule has 7 heteroatoms. The largest absolute Gasteiger partial charge is 0.269 e. The third-order valence-electron chi connectivity index (χ3n) is 2.66. The third kappa shape index (κ3) is 4.79. The van der Waals surface area contributed by atoms with E-state index < -0.39 is 15.9 Å². The van der Waals surface area contributed by atoms with E-state index in [1.165, 1.54) is 18.2 Å². The van der Waals surface area contributed by atoms with E-state index >= 15 is 0 Å². The van der Waals surface area contributed by atoms with Crippen LogP contribution in [0.1, 0.15) is 5.56 Å². The van der Waals surface area contributed by atoms with Crippen LogP contribution < -0.4 is 4.72 Å². The van der Waals surface area contributed by atoms with E-state index in [1.807, 2.05) is 16.9 Å². The lowest BCUT2D eigenvalue weighted by Crippen LogP contribution is -2.28. The molecule has 0 aliphatic rings. The van der Waals surface area contributed by atoms with Gasteiger partial charge in [-0.15, -0.1) is 0 Å². The molecule has 1 amide bonds. The van der Waals surface area contributed by atoms with E-state index in [4.69, 9.17) is 0 Å². The molecule has 0 unspecified atom stereocenters. The van der Waals surface area contributed by atoms with Crippen LogP contribution in [0.3, 0.4) is 0 Å². The maximum Gasteiger partial charge on any atom is 0.264 e. The number of carbonyl (C=O) groups excluding carboxylic acids is 1. The van der Waals surface area contributed by atoms with Crippen LogP contribution in [0.15, 0.2) is 68.4 Å². The molecule has 2 rings (SSSR count). The lowest BCUT2D eigenvalue weighted by molar-refractivity contribution is -0.114. The third-order valence-corrected chi connectivity index (χ3v) is 5.08. The zero-order chi connectivity index (χ0) is 16.2. The van der Waals surface area contributed by atoms with Crippen molar-refractivity contribution >= 4 is 53.9 Å². The molecule has 4 nitrogen and oxygen atoms in total. The van der Waals surface area contributed by atoms with Crippen molar-refractivity contribution in [3.8, 4) is 0 Å². The van der Waals surface area contributed by atoms with Gasteiger partial charge in [-0.1, -0.05) is 44.0 Å². The van der Waals surface area contributed by atoms with Crippen LogP contribution in [0.5, 0.6) is 0 Å². The molecule has 0 saturated carbocycles. The van der Waals surface area contributed by atoms with Crippen molar-refractivity contribution in [1.29, 1.82) is 0 Å². The van der Waals surface area contributed by atoms with E-state index in [9.17, 15) is 13.2 Å². The Morgan fingerprint density at radius 1 is 0.909 bits per heavy atom. The molecule has 0 aliphatic heterocycles. The highest BCUT2D eigenvalue weighted by atomic mass is 79.9. The first-order chi connectivity index (χ1) is 10.4. The van der Waals surface area contributed by atoms with Gasteiger partial charge in [0.1, 0.15) is 0 Å². The zero-order valence-corrected chi connectivity index (χ0v) is 15.2. The number of halogens is 2. The van der Waals surface area contributed by atoms with Gasteiger partial charge in [0.2, 0.25) is 0 Å².